The molecule has 0 radical (unpaired) electrons. The average Bonchev–Trinajstić information content (AvgIpc) is 2.46. The molecule has 3 heteroatoms. The fourth-order valence-electron chi connectivity index (χ4n) is 1.75. The number of nitrogens with one attached hydrogen (secondary N) is 1. The maximum atomic E-state index is 4.57. The van der Waals surface area contributed by atoms with Crippen molar-refractivity contribution in [2.45, 2.75) is 47.1 Å². The second-order valence-corrected chi connectivity index (χ2v) is 4.29. The predicted octanol–water partition coefficient (Wildman–Crippen LogP) is 2.37. The summed E-state index contributed by atoms with van der Waals surface area (Å²) in [5, 5.41) is 7.99. The van der Waals surface area contributed by atoms with E-state index in [-0.39, 0.29) is 0 Å². The summed E-state index contributed by atoms with van der Waals surface area (Å²) in [5.74, 6) is 0. The molecule has 0 fully saturated rings. The summed E-state index contributed by atoms with van der Waals surface area (Å²) < 4.78 is 2.13. The van der Waals surface area contributed by atoms with Crippen LogP contribution in [0.25, 0.3) is 0 Å². The molecule has 0 spiro atoms. The van der Waals surface area contributed by atoms with E-state index in [1.807, 2.05) is 0 Å². The molecule has 1 atom stereocenters. The minimum absolute atomic E-state index is 0.434. The predicted molar refractivity (Wildman–Crippen MR) is 64.3 cm³/mol. The van der Waals surface area contributed by atoms with Crippen molar-refractivity contribution < 1.29 is 0 Å². The van der Waals surface area contributed by atoms with Crippen LogP contribution < -0.4 is 5.32 Å². The van der Waals surface area contributed by atoms with Crippen LogP contribution in [-0.4, -0.2) is 22.9 Å². The van der Waals surface area contributed by atoms with Crippen LogP contribution in [0.3, 0.4) is 0 Å². The summed E-state index contributed by atoms with van der Waals surface area (Å²) in [7, 11) is 0. The molecule has 86 valence electrons. The zero-order valence-electron chi connectivity index (χ0n) is 10.6. The highest BCUT2D eigenvalue weighted by Gasteiger charge is 2.12. The highest BCUT2D eigenvalue weighted by Crippen LogP contribution is 2.15. The van der Waals surface area contributed by atoms with Gasteiger partial charge in [0, 0.05) is 12.2 Å². The first-order chi connectivity index (χ1) is 7.07. The molecule has 15 heavy (non-hydrogen) atoms. The zero-order valence-corrected chi connectivity index (χ0v) is 10.6. The number of rotatable bonds is 5. The number of hydrogen-bond acceptors (Lipinski definition) is 2. The summed E-state index contributed by atoms with van der Waals surface area (Å²) in [6.45, 7) is 12.8. The minimum atomic E-state index is 0.434. The van der Waals surface area contributed by atoms with Gasteiger partial charge in [0.2, 0.25) is 0 Å². The molecule has 0 saturated heterocycles. The molecule has 0 aliphatic heterocycles. The molecular weight excluding hydrogens is 186 g/mol. The lowest BCUT2D eigenvalue weighted by molar-refractivity contribution is 0.444. The van der Waals surface area contributed by atoms with Crippen LogP contribution >= 0.6 is 0 Å². The molecule has 0 aliphatic carbocycles. The van der Waals surface area contributed by atoms with Crippen LogP contribution in [0.15, 0.2) is 0 Å². The molecule has 3 nitrogen and oxygen atoms in total. The van der Waals surface area contributed by atoms with Gasteiger partial charge >= 0.3 is 0 Å². The summed E-state index contributed by atoms with van der Waals surface area (Å²) in [5.41, 5.74) is 3.76. The van der Waals surface area contributed by atoms with Crippen LogP contribution in [0, 0.1) is 20.8 Å². The van der Waals surface area contributed by atoms with E-state index < -0.39 is 0 Å². The van der Waals surface area contributed by atoms with E-state index in [0.29, 0.717) is 6.04 Å². The molecular formula is C12H23N3. The normalized spacial score (nSPS) is 13.1. The maximum Gasteiger partial charge on any atom is 0.0625 e. The van der Waals surface area contributed by atoms with Gasteiger partial charge in [-0.1, -0.05) is 6.92 Å². The second kappa shape index (κ2) is 5.31. The van der Waals surface area contributed by atoms with Crippen molar-refractivity contribution >= 4 is 0 Å². The van der Waals surface area contributed by atoms with Crippen LogP contribution in [0.4, 0.5) is 0 Å². The molecule has 0 saturated carbocycles. The van der Waals surface area contributed by atoms with Gasteiger partial charge in [0.25, 0.3) is 0 Å². The lowest BCUT2D eigenvalue weighted by atomic mass is 10.2. The molecule has 1 aromatic rings. The van der Waals surface area contributed by atoms with E-state index in [2.05, 4.69) is 49.7 Å². The number of aryl methyl sites for hydroxylation is 1. The van der Waals surface area contributed by atoms with Crippen LogP contribution in [-0.2, 0) is 0 Å². The lowest BCUT2D eigenvalue weighted by Crippen LogP contribution is -2.25. The summed E-state index contributed by atoms with van der Waals surface area (Å²) >= 11 is 0. The smallest absolute Gasteiger partial charge is 0.0625 e. The first kappa shape index (κ1) is 12.2. The Morgan fingerprint density at radius 2 is 2.00 bits per heavy atom. The summed E-state index contributed by atoms with van der Waals surface area (Å²) in [4.78, 5) is 0. The SMILES string of the molecule is CCCNCC(C)n1nc(C)c(C)c1C. The Bertz CT molecular complexity index is 315. The monoisotopic (exact) mass is 209 g/mol. The molecule has 1 heterocycles. The Hall–Kier alpha value is -0.830. The van der Waals surface area contributed by atoms with Crippen LogP contribution in [0.5, 0.6) is 0 Å². The number of hydrogen-bond donors (Lipinski definition) is 1. The van der Waals surface area contributed by atoms with Crippen molar-refractivity contribution in [3.63, 3.8) is 0 Å². The molecule has 0 aliphatic rings. The number of nitrogens with zero attached hydrogens (tertiary/aromatic N) is 2. The third-order valence-electron chi connectivity index (χ3n) is 2.97. The standard InChI is InChI=1S/C12H23N3/c1-6-7-13-8-9(2)15-12(5)10(3)11(4)14-15/h9,13H,6-8H2,1-5H3. The van der Waals surface area contributed by atoms with Gasteiger partial charge in [-0.15, -0.1) is 0 Å². The Kier molecular flexibility index (Phi) is 4.33. The van der Waals surface area contributed by atoms with Gasteiger partial charge in [-0.2, -0.15) is 5.10 Å². The van der Waals surface area contributed by atoms with E-state index >= 15 is 0 Å². The molecule has 1 N–H and O–H groups in total. The molecule has 0 bridgehead atoms. The van der Waals surface area contributed by atoms with E-state index in [1.165, 1.54) is 17.7 Å². The van der Waals surface area contributed by atoms with Gasteiger partial charge in [-0.3, -0.25) is 4.68 Å². The highest BCUT2D eigenvalue weighted by atomic mass is 15.3. The lowest BCUT2D eigenvalue weighted by Gasteiger charge is -2.15. The third-order valence-corrected chi connectivity index (χ3v) is 2.97. The number of aromatic nitrogens is 2. The Morgan fingerprint density at radius 3 is 2.47 bits per heavy atom. The van der Waals surface area contributed by atoms with Crippen LogP contribution in [0.2, 0.25) is 0 Å². The zero-order chi connectivity index (χ0) is 11.4. The fraction of sp³-hybridized carbons (Fsp3) is 0.750. The van der Waals surface area contributed by atoms with Gasteiger partial charge < -0.3 is 5.32 Å². The molecule has 1 aromatic heterocycles. The molecule has 1 rings (SSSR count). The topological polar surface area (TPSA) is 29.9 Å². The highest BCUT2D eigenvalue weighted by molar-refractivity contribution is 5.22. The van der Waals surface area contributed by atoms with Crippen molar-refractivity contribution in [1.82, 2.24) is 15.1 Å². The van der Waals surface area contributed by atoms with E-state index in [1.54, 1.807) is 0 Å². The van der Waals surface area contributed by atoms with Crippen molar-refractivity contribution in [3.05, 3.63) is 17.0 Å². The first-order valence-electron chi connectivity index (χ1n) is 5.81. The van der Waals surface area contributed by atoms with Crippen molar-refractivity contribution in [2.24, 2.45) is 0 Å². The van der Waals surface area contributed by atoms with E-state index in [4.69, 9.17) is 0 Å². The minimum Gasteiger partial charge on any atom is -0.315 e. The van der Waals surface area contributed by atoms with Gasteiger partial charge in [0.1, 0.15) is 0 Å². The van der Waals surface area contributed by atoms with E-state index in [0.717, 1.165) is 18.8 Å². The summed E-state index contributed by atoms with van der Waals surface area (Å²) in [6, 6.07) is 0.434. The van der Waals surface area contributed by atoms with Gasteiger partial charge in [0.05, 0.1) is 11.7 Å². The second-order valence-electron chi connectivity index (χ2n) is 4.29. The average molecular weight is 209 g/mol. The maximum absolute atomic E-state index is 4.57. The third kappa shape index (κ3) is 2.81. The van der Waals surface area contributed by atoms with Crippen LogP contribution in [0.1, 0.15) is 43.3 Å². The van der Waals surface area contributed by atoms with Crippen molar-refractivity contribution in [1.29, 1.82) is 0 Å². The molecule has 0 amide bonds. The van der Waals surface area contributed by atoms with Crippen molar-refractivity contribution in [3.8, 4) is 0 Å². The fourth-order valence-corrected chi connectivity index (χ4v) is 1.75. The first-order valence-corrected chi connectivity index (χ1v) is 5.81. The Morgan fingerprint density at radius 1 is 1.33 bits per heavy atom. The van der Waals surface area contributed by atoms with Gasteiger partial charge in [-0.25, -0.2) is 0 Å². The quantitative estimate of drug-likeness (QED) is 0.755. The van der Waals surface area contributed by atoms with Gasteiger partial charge in [-0.05, 0) is 46.2 Å². The van der Waals surface area contributed by atoms with E-state index in [9.17, 15) is 0 Å². The summed E-state index contributed by atoms with van der Waals surface area (Å²) in [6.07, 6.45) is 1.18. The molecule has 1 unspecified atom stereocenters. The van der Waals surface area contributed by atoms with Crippen molar-refractivity contribution in [2.75, 3.05) is 13.1 Å². The Labute approximate surface area is 92.9 Å². The molecule has 0 aromatic carbocycles. The largest absolute Gasteiger partial charge is 0.315 e. The van der Waals surface area contributed by atoms with Gasteiger partial charge in [0.15, 0.2) is 0 Å². The Balaban J connectivity index is 2.65.